The molecule has 2 aromatic carbocycles. The van der Waals surface area contributed by atoms with Gasteiger partial charge >= 0.3 is 0 Å². The van der Waals surface area contributed by atoms with Crippen molar-refractivity contribution in [2.75, 3.05) is 20.1 Å². The van der Waals surface area contributed by atoms with Crippen LogP contribution in [0.4, 0.5) is 0 Å². The summed E-state index contributed by atoms with van der Waals surface area (Å²) in [5, 5.41) is 8.87. The Morgan fingerprint density at radius 2 is 1.81 bits per heavy atom. The molecular formula is C24H27N5O2. The van der Waals surface area contributed by atoms with E-state index in [4.69, 9.17) is 0 Å². The lowest BCUT2D eigenvalue weighted by molar-refractivity contribution is -0.123. The van der Waals surface area contributed by atoms with Gasteiger partial charge in [0.25, 0.3) is 5.56 Å². The Labute approximate surface area is 180 Å². The number of amides is 1. The fourth-order valence-electron chi connectivity index (χ4n) is 4.00. The lowest BCUT2D eigenvalue weighted by atomic mass is 10.2. The minimum atomic E-state index is -0.531. The van der Waals surface area contributed by atoms with Crippen molar-refractivity contribution in [3.63, 3.8) is 0 Å². The van der Waals surface area contributed by atoms with Gasteiger partial charge in [0.2, 0.25) is 5.91 Å². The number of para-hydroxylation sites is 1. The number of carbonyl (C=O) groups excluding carboxylic acids is 1. The van der Waals surface area contributed by atoms with Crippen molar-refractivity contribution in [2.24, 2.45) is 7.05 Å². The molecule has 0 aliphatic rings. The van der Waals surface area contributed by atoms with Crippen molar-refractivity contribution in [1.29, 1.82) is 0 Å². The molecule has 0 spiro atoms. The van der Waals surface area contributed by atoms with Crippen LogP contribution in [-0.2, 0) is 18.4 Å². The van der Waals surface area contributed by atoms with E-state index in [0.29, 0.717) is 12.1 Å². The smallest absolute Gasteiger partial charge is 0.291 e. The highest BCUT2D eigenvalue weighted by atomic mass is 16.2. The molecule has 0 aliphatic heterocycles. The second-order valence-corrected chi connectivity index (χ2v) is 7.91. The Morgan fingerprint density at radius 3 is 2.58 bits per heavy atom. The summed E-state index contributed by atoms with van der Waals surface area (Å²) in [6.07, 6.45) is 1.69. The van der Waals surface area contributed by atoms with Crippen LogP contribution in [0.15, 0.2) is 65.6 Å². The van der Waals surface area contributed by atoms with Crippen molar-refractivity contribution in [1.82, 2.24) is 24.6 Å². The largest absolute Gasteiger partial charge is 0.353 e. The van der Waals surface area contributed by atoms with Crippen molar-refractivity contribution in [2.45, 2.75) is 19.5 Å². The maximum Gasteiger partial charge on any atom is 0.291 e. The minimum Gasteiger partial charge on any atom is -0.353 e. The first-order chi connectivity index (χ1) is 15.0. The summed E-state index contributed by atoms with van der Waals surface area (Å²) in [5.74, 6) is -0.116. The Hall–Kier alpha value is -3.45. The Bertz CT molecular complexity index is 1280. The van der Waals surface area contributed by atoms with Gasteiger partial charge in [0.05, 0.1) is 11.7 Å². The fourth-order valence-corrected chi connectivity index (χ4v) is 4.00. The summed E-state index contributed by atoms with van der Waals surface area (Å²) < 4.78 is 3.14. The van der Waals surface area contributed by atoms with Crippen LogP contribution in [0, 0.1) is 0 Å². The van der Waals surface area contributed by atoms with Gasteiger partial charge < -0.3 is 14.8 Å². The first kappa shape index (κ1) is 20.8. The monoisotopic (exact) mass is 417 g/mol. The molecule has 0 bridgehead atoms. The summed E-state index contributed by atoms with van der Waals surface area (Å²) in [4.78, 5) is 28.0. The third-order valence-electron chi connectivity index (χ3n) is 5.66. The van der Waals surface area contributed by atoms with E-state index >= 15 is 0 Å². The zero-order valence-electron chi connectivity index (χ0n) is 18.1. The molecule has 2 heterocycles. The van der Waals surface area contributed by atoms with Crippen molar-refractivity contribution in [3.05, 3.63) is 76.7 Å². The molecule has 31 heavy (non-hydrogen) atoms. The van der Waals surface area contributed by atoms with Gasteiger partial charge in [0.1, 0.15) is 11.6 Å². The highest BCUT2D eigenvalue weighted by Crippen LogP contribution is 2.29. The molecule has 1 N–H and O–H groups in total. The zero-order valence-corrected chi connectivity index (χ0v) is 18.1. The number of aryl methyl sites for hydroxylation is 1. The van der Waals surface area contributed by atoms with Crippen LogP contribution in [0.5, 0.6) is 0 Å². The summed E-state index contributed by atoms with van der Waals surface area (Å²) in [5.41, 5.74) is 2.38. The van der Waals surface area contributed by atoms with Crippen LogP contribution in [0.2, 0.25) is 0 Å². The molecule has 0 radical (unpaired) electrons. The van der Waals surface area contributed by atoms with Gasteiger partial charge in [-0.25, -0.2) is 4.68 Å². The van der Waals surface area contributed by atoms with Crippen molar-refractivity contribution >= 4 is 27.7 Å². The Balaban J connectivity index is 1.52. The molecular weight excluding hydrogens is 390 g/mol. The van der Waals surface area contributed by atoms with Gasteiger partial charge in [-0.15, -0.1) is 0 Å². The third-order valence-corrected chi connectivity index (χ3v) is 5.66. The first-order valence-electron chi connectivity index (χ1n) is 10.4. The molecule has 0 saturated carbocycles. The lowest BCUT2D eigenvalue weighted by Crippen LogP contribution is -2.37. The molecule has 4 rings (SSSR count). The van der Waals surface area contributed by atoms with Gasteiger partial charge in [-0.05, 0) is 25.6 Å². The highest BCUT2D eigenvalue weighted by molar-refractivity contribution is 6.08. The molecule has 0 unspecified atom stereocenters. The number of hydrogen-bond donors (Lipinski definition) is 1. The maximum absolute atomic E-state index is 13.0. The van der Waals surface area contributed by atoms with E-state index in [-0.39, 0.29) is 11.5 Å². The molecule has 1 amide bonds. The number of hydrogen-bond acceptors (Lipinski definition) is 4. The quantitative estimate of drug-likeness (QED) is 0.502. The van der Waals surface area contributed by atoms with Crippen LogP contribution in [0.3, 0.4) is 0 Å². The van der Waals surface area contributed by atoms with Gasteiger partial charge in [-0.2, -0.15) is 5.10 Å². The second kappa shape index (κ2) is 8.73. The van der Waals surface area contributed by atoms with E-state index in [1.54, 1.807) is 13.2 Å². The maximum atomic E-state index is 13.0. The van der Waals surface area contributed by atoms with Gasteiger partial charge in [-0.1, -0.05) is 48.5 Å². The topological polar surface area (TPSA) is 72.2 Å². The van der Waals surface area contributed by atoms with Crippen molar-refractivity contribution < 1.29 is 4.79 Å². The molecule has 0 aliphatic carbocycles. The molecule has 2 aromatic heterocycles. The van der Waals surface area contributed by atoms with E-state index in [2.05, 4.69) is 27.4 Å². The number of likely N-dealkylation sites (N-methyl/N-ethyl adjacent to an activating group) is 1. The number of carbonyl (C=O) groups is 1. The Kier molecular flexibility index (Phi) is 5.86. The molecule has 1 atom stereocenters. The lowest BCUT2D eigenvalue weighted by Gasteiger charge is -2.19. The zero-order chi connectivity index (χ0) is 22.0. The molecule has 160 valence electrons. The summed E-state index contributed by atoms with van der Waals surface area (Å²) in [6.45, 7) is 3.91. The summed E-state index contributed by atoms with van der Waals surface area (Å²) >= 11 is 0. The SMILES string of the molecule is C[C@@H](C(=O)NCCN(C)Cc1ccccc1)n1c2ccccc2c2cnn(C)c(=O)c21. The van der Waals surface area contributed by atoms with Crippen LogP contribution in [-0.4, -0.2) is 45.3 Å². The van der Waals surface area contributed by atoms with E-state index in [1.807, 2.05) is 61.0 Å². The normalized spacial score (nSPS) is 12.5. The number of fused-ring (bicyclic) bond motifs is 3. The standard InChI is InChI=1S/C24H27N5O2/c1-17(23(30)25-13-14-27(2)16-18-9-5-4-6-10-18)29-21-12-8-7-11-19(21)20-15-26-28(3)24(31)22(20)29/h4-12,15,17H,13-14,16H2,1-3H3,(H,25,30)/t17-/m0/s1. The number of nitrogens with one attached hydrogen (secondary N) is 1. The van der Waals surface area contributed by atoms with Crippen LogP contribution in [0.1, 0.15) is 18.5 Å². The van der Waals surface area contributed by atoms with Crippen LogP contribution < -0.4 is 10.9 Å². The number of nitrogens with zero attached hydrogens (tertiary/aromatic N) is 4. The molecule has 0 fully saturated rings. The summed E-state index contributed by atoms with van der Waals surface area (Å²) in [7, 11) is 3.66. The number of benzene rings is 2. The number of aromatic nitrogens is 3. The first-order valence-corrected chi connectivity index (χ1v) is 10.4. The average Bonchev–Trinajstić information content (AvgIpc) is 3.11. The van der Waals surface area contributed by atoms with Gasteiger partial charge in [0.15, 0.2) is 0 Å². The Morgan fingerprint density at radius 1 is 1.10 bits per heavy atom. The number of rotatable bonds is 7. The third kappa shape index (κ3) is 4.09. The van der Waals surface area contributed by atoms with Crippen LogP contribution in [0.25, 0.3) is 21.8 Å². The molecule has 7 heteroatoms. The van der Waals surface area contributed by atoms with Crippen LogP contribution >= 0.6 is 0 Å². The molecule has 0 saturated heterocycles. The predicted octanol–water partition coefficient (Wildman–Crippen LogP) is 2.70. The summed E-state index contributed by atoms with van der Waals surface area (Å²) in [6, 6.07) is 17.4. The minimum absolute atomic E-state index is 0.116. The second-order valence-electron chi connectivity index (χ2n) is 7.91. The highest BCUT2D eigenvalue weighted by Gasteiger charge is 2.23. The van der Waals surface area contributed by atoms with Crippen molar-refractivity contribution in [3.8, 4) is 0 Å². The van der Waals surface area contributed by atoms with E-state index in [1.165, 1.54) is 10.2 Å². The average molecular weight is 418 g/mol. The van der Waals surface area contributed by atoms with E-state index in [0.717, 1.165) is 29.4 Å². The van der Waals surface area contributed by atoms with E-state index < -0.39 is 6.04 Å². The predicted molar refractivity (Wildman–Crippen MR) is 123 cm³/mol. The van der Waals surface area contributed by atoms with Gasteiger partial charge in [-0.3, -0.25) is 9.59 Å². The van der Waals surface area contributed by atoms with Gasteiger partial charge in [0, 0.05) is 37.5 Å². The molecule has 4 aromatic rings. The molecule has 7 nitrogen and oxygen atoms in total. The fraction of sp³-hybridized carbons (Fsp3) is 0.292. The van der Waals surface area contributed by atoms with E-state index in [9.17, 15) is 9.59 Å².